The van der Waals surface area contributed by atoms with Crippen LogP contribution in [0.25, 0.3) is 22.3 Å². The first-order chi connectivity index (χ1) is 16.5. The number of amides is 1. The van der Waals surface area contributed by atoms with Crippen molar-refractivity contribution in [2.75, 3.05) is 13.1 Å². The molecule has 34 heavy (non-hydrogen) atoms. The van der Waals surface area contributed by atoms with Crippen LogP contribution < -0.4 is 4.72 Å². The Hall–Kier alpha value is -3.08. The molecule has 176 valence electrons. The Morgan fingerprint density at radius 3 is 2.59 bits per heavy atom. The molecule has 8 nitrogen and oxygen atoms in total. The van der Waals surface area contributed by atoms with E-state index in [4.69, 9.17) is 4.98 Å². The van der Waals surface area contributed by atoms with Gasteiger partial charge in [-0.05, 0) is 37.3 Å². The van der Waals surface area contributed by atoms with Crippen LogP contribution in [0.4, 0.5) is 0 Å². The molecule has 10 heteroatoms. The third-order valence-corrected chi connectivity index (χ3v) is 8.99. The lowest BCUT2D eigenvalue weighted by atomic mass is 10.0. The zero-order valence-electron chi connectivity index (χ0n) is 18.7. The number of hydrogen-bond donors (Lipinski definition) is 1. The number of nitrogens with zero attached hydrogens (tertiary/aromatic N) is 4. The van der Waals surface area contributed by atoms with Crippen molar-refractivity contribution < 1.29 is 13.2 Å². The zero-order chi connectivity index (χ0) is 23.7. The molecule has 0 radical (unpaired) electrons. The molecule has 1 aliphatic rings. The molecule has 0 aliphatic carbocycles. The molecule has 0 bridgehead atoms. The molecule has 1 saturated heterocycles. The number of hydrogen-bond acceptors (Lipinski definition) is 6. The summed E-state index contributed by atoms with van der Waals surface area (Å²) in [6.07, 6.45) is 2.82. The molecule has 0 saturated carbocycles. The number of benzene rings is 1. The number of pyridine rings is 1. The fourth-order valence-electron chi connectivity index (χ4n) is 4.28. The smallest absolute Gasteiger partial charge is 0.254 e. The quantitative estimate of drug-likeness (QED) is 0.439. The van der Waals surface area contributed by atoms with Gasteiger partial charge in [-0.3, -0.25) is 4.79 Å². The molecule has 1 amide bonds. The van der Waals surface area contributed by atoms with E-state index in [9.17, 15) is 13.2 Å². The van der Waals surface area contributed by atoms with Crippen LogP contribution in [0.5, 0.6) is 0 Å². The topological polar surface area (TPSA) is 97.2 Å². The van der Waals surface area contributed by atoms with Crippen LogP contribution in [-0.4, -0.2) is 53.1 Å². The van der Waals surface area contributed by atoms with Gasteiger partial charge in [0, 0.05) is 31.2 Å². The summed E-state index contributed by atoms with van der Waals surface area (Å²) in [6.45, 7) is 3.59. The number of fused-ring (bicyclic) bond motifs is 1. The summed E-state index contributed by atoms with van der Waals surface area (Å²) in [7, 11) is -3.53. The molecule has 0 atom stereocenters. The SMILES string of the molecule is CCn1ncc2c(C(=O)N3CCC(NS(=O)(=O)c4cccs4)CC3)cc(-c3ccccc3)nc21. The number of nitrogens with one attached hydrogen (secondary N) is 1. The third kappa shape index (κ3) is 4.36. The summed E-state index contributed by atoms with van der Waals surface area (Å²) in [6, 6.07) is 14.7. The van der Waals surface area contributed by atoms with Gasteiger partial charge in [0.15, 0.2) is 5.65 Å². The van der Waals surface area contributed by atoms with Gasteiger partial charge in [-0.1, -0.05) is 36.4 Å². The van der Waals surface area contributed by atoms with Crippen molar-refractivity contribution in [1.82, 2.24) is 24.4 Å². The highest BCUT2D eigenvalue weighted by Crippen LogP contribution is 2.27. The fourth-order valence-corrected chi connectivity index (χ4v) is 6.59. The van der Waals surface area contributed by atoms with E-state index in [0.29, 0.717) is 47.9 Å². The van der Waals surface area contributed by atoms with Gasteiger partial charge in [0.05, 0.1) is 22.8 Å². The molecule has 4 aromatic rings. The maximum Gasteiger partial charge on any atom is 0.254 e. The van der Waals surface area contributed by atoms with E-state index in [1.807, 2.05) is 43.3 Å². The Morgan fingerprint density at radius 2 is 1.91 bits per heavy atom. The first kappa shape index (κ1) is 22.7. The minimum Gasteiger partial charge on any atom is -0.339 e. The number of thiophene rings is 1. The minimum atomic E-state index is -3.53. The molecular formula is C24H25N5O3S2. The highest BCUT2D eigenvalue weighted by atomic mass is 32.2. The number of carbonyl (C=O) groups excluding carboxylic acids is 1. The van der Waals surface area contributed by atoms with E-state index in [1.54, 1.807) is 33.3 Å². The highest BCUT2D eigenvalue weighted by molar-refractivity contribution is 7.91. The number of likely N-dealkylation sites (tertiary alicyclic amines) is 1. The average molecular weight is 496 g/mol. The molecule has 1 aromatic carbocycles. The molecule has 1 N–H and O–H groups in total. The number of piperidine rings is 1. The number of carbonyl (C=O) groups is 1. The summed E-state index contributed by atoms with van der Waals surface area (Å²) >= 11 is 1.20. The maximum atomic E-state index is 13.6. The van der Waals surface area contributed by atoms with Gasteiger partial charge in [-0.25, -0.2) is 22.8 Å². The standard InChI is InChI=1S/C24H25N5O3S2/c1-2-29-23-20(16-25-29)19(15-21(26-23)17-7-4-3-5-8-17)24(30)28-12-10-18(11-13-28)27-34(31,32)22-9-6-14-33-22/h3-9,14-16,18,27H,2,10-13H2,1H3. The molecule has 5 rings (SSSR count). The van der Waals surface area contributed by atoms with Gasteiger partial charge in [-0.15, -0.1) is 11.3 Å². The summed E-state index contributed by atoms with van der Waals surface area (Å²) in [5, 5.41) is 6.90. The maximum absolute atomic E-state index is 13.6. The number of aryl methyl sites for hydroxylation is 1. The van der Waals surface area contributed by atoms with E-state index >= 15 is 0 Å². The molecule has 0 spiro atoms. The van der Waals surface area contributed by atoms with E-state index in [0.717, 1.165) is 16.6 Å². The lowest BCUT2D eigenvalue weighted by Crippen LogP contribution is -2.46. The summed E-state index contributed by atoms with van der Waals surface area (Å²) in [5.74, 6) is -0.0835. The van der Waals surface area contributed by atoms with Crippen LogP contribution in [-0.2, 0) is 16.6 Å². The second kappa shape index (κ2) is 9.28. The van der Waals surface area contributed by atoms with Crippen LogP contribution in [0.2, 0.25) is 0 Å². The average Bonchev–Trinajstić information content (AvgIpc) is 3.54. The minimum absolute atomic E-state index is 0.0835. The van der Waals surface area contributed by atoms with Gasteiger partial charge < -0.3 is 4.90 Å². The molecular weight excluding hydrogens is 470 g/mol. The second-order valence-electron chi connectivity index (χ2n) is 8.24. The van der Waals surface area contributed by atoms with Crippen LogP contribution in [0.3, 0.4) is 0 Å². The van der Waals surface area contributed by atoms with Crippen molar-refractivity contribution in [2.45, 2.75) is 36.6 Å². The van der Waals surface area contributed by atoms with Crippen molar-refractivity contribution in [3.63, 3.8) is 0 Å². The van der Waals surface area contributed by atoms with Gasteiger partial charge in [-0.2, -0.15) is 5.10 Å². The van der Waals surface area contributed by atoms with Gasteiger partial charge in [0.1, 0.15) is 4.21 Å². The van der Waals surface area contributed by atoms with Crippen molar-refractivity contribution in [3.8, 4) is 11.3 Å². The number of aromatic nitrogens is 3. The molecule has 1 aliphatic heterocycles. The predicted molar refractivity (Wildman–Crippen MR) is 132 cm³/mol. The Bertz CT molecular complexity index is 1410. The summed E-state index contributed by atoms with van der Waals surface area (Å²) < 4.78 is 30.0. The summed E-state index contributed by atoms with van der Waals surface area (Å²) in [5.41, 5.74) is 2.92. The Morgan fingerprint density at radius 1 is 1.15 bits per heavy atom. The van der Waals surface area contributed by atoms with Crippen LogP contribution in [0.15, 0.2) is 64.3 Å². The van der Waals surface area contributed by atoms with E-state index in [-0.39, 0.29) is 11.9 Å². The van der Waals surface area contributed by atoms with Gasteiger partial charge >= 0.3 is 0 Å². The van der Waals surface area contributed by atoms with Gasteiger partial charge in [0.2, 0.25) is 10.0 Å². The molecule has 1 fully saturated rings. The van der Waals surface area contributed by atoms with Crippen molar-refractivity contribution in [1.29, 1.82) is 0 Å². The van der Waals surface area contributed by atoms with Crippen molar-refractivity contribution in [2.24, 2.45) is 0 Å². The Labute approximate surface area is 202 Å². The van der Waals surface area contributed by atoms with Crippen LogP contribution in [0, 0.1) is 0 Å². The number of sulfonamides is 1. The lowest BCUT2D eigenvalue weighted by Gasteiger charge is -2.32. The Kier molecular flexibility index (Phi) is 6.20. The number of rotatable bonds is 6. The van der Waals surface area contributed by atoms with E-state index < -0.39 is 10.0 Å². The largest absolute Gasteiger partial charge is 0.339 e. The molecule has 0 unspecified atom stereocenters. The molecule has 3 aromatic heterocycles. The first-order valence-electron chi connectivity index (χ1n) is 11.2. The Balaban J connectivity index is 1.38. The zero-order valence-corrected chi connectivity index (χ0v) is 20.3. The fraction of sp³-hybridized carbons (Fsp3) is 0.292. The highest BCUT2D eigenvalue weighted by Gasteiger charge is 2.29. The van der Waals surface area contributed by atoms with Crippen LogP contribution >= 0.6 is 11.3 Å². The van der Waals surface area contributed by atoms with E-state index in [2.05, 4.69) is 9.82 Å². The van der Waals surface area contributed by atoms with Crippen molar-refractivity contribution in [3.05, 3.63) is 65.7 Å². The van der Waals surface area contributed by atoms with E-state index in [1.165, 1.54) is 11.3 Å². The monoisotopic (exact) mass is 495 g/mol. The van der Waals surface area contributed by atoms with Gasteiger partial charge in [0.25, 0.3) is 5.91 Å². The summed E-state index contributed by atoms with van der Waals surface area (Å²) in [4.78, 5) is 20.2. The first-order valence-corrected chi connectivity index (χ1v) is 13.6. The second-order valence-corrected chi connectivity index (χ2v) is 11.1. The normalized spacial score (nSPS) is 15.1. The molecule has 4 heterocycles. The third-order valence-electron chi connectivity index (χ3n) is 6.07. The van der Waals surface area contributed by atoms with Crippen LogP contribution in [0.1, 0.15) is 30.1 Å². The lowest BCUT2D eigenvalue weighted by molar-refractivity contribution is 0.0713. The van der Waals surface area contributed by atoms with Crippen molar-refractivity contribution >= 4 is 38.3 Å². The predicted octanol–water partition coefficient (Wildman–Crippen LogP) is 3.76.